The number of anilines is 1. The van der Waals surface area contributed by atoms with Crippen LogP contribution in [0.2, 0.25) is 5.02 Å². The maximum absolute atomic E-state index is 12.4. The Morgan fingerprint density at radius 3 is 2.67 bits per heavy atom. The van der Waals surface area contributed by atoms with Gasteiger partial charge in [-0.25, -0.2) is 0 Å². The van der Waals surface area contributed by atoms with Gasteiger partial charge in [0.2, 0.25) is 11.8 Å². The number of benzene rings is 1. The third-order valence-electron chi connectivity index (χ3n) is 3.82. The zero-order chi connectivity index (χ0) is 17.2. The van der Waals surface area contributed by atoms with Crippen LogP contribution in [0.5, 0.6) is 0 Å². The van der Waals surface area contributed by atoms with Crippen LogP contribution in [0.1, 0.15) is 26.7 Å². The molecule has 1 aliphatic heterocycles. The van der Waals surface area contributed by atoms with E-state index in [4.69, 9.17) is 11.6 Å². The number of hydrogen-bond acceptors (Lipinski definition) is 4. The summed E-state index contributed by atoms with van der Waals surface area (Å²) in [6.07, 6.45) is 0.221. The Kier molecular flexibility index (Phi) is 7.28. The first-order valence-corrected chi connectivity index (χ1v) is 7.66. The van der Waals surface area contributed by atoms with Gasteiger partial charge in [0, 0.05) is 35.1 Å². The van der Waals surface area contributed by atoms with Crippen LogP contribution in [0, 0.1) is 5.41 Å². The van der Waals surface area contributed by atoms with Crippen molar-refractivity contribution in [1.29, 1.82) is 0 Å². The second-order valence-electron chi connectivity index (χ2n) is 6.23. The van der Waals surface area contributed by atoms with E-state index in [-0.39, 0.29) is 41.9 Å². The topological polar surface area (TPSA) is 89.5 Å². The summed E-state index contributed by atoms with van der Waals surface area (Å²) in [4.78, 5) is 36.9. The van der Waals surface area contributed by atoms with E-state index in [1.807, 2.05) is 0 Å². The van der Waals surface area contributed by atoms with Crippen LogP contribution in [-0.2, 0) is 14.4 Å². The molecule has 0 spiro atoms. The van der Waals surface area contributed by atoms with Gasteiger partial charge in [-0.15, -0.1) is 0 Å². The smallest absolute Gasteiger partial charge is 0.550 e. The van der Waals surface area contributed by atoms with Gasteiger partial charge < -0.3 is 20.1 Å². The van der Waals surface area contributed by atoms with E-state index < -0.39 is 23.3 Å². The Hall–Kier alpha value is -1.08. The first-order valence-electron chi connectivity index (χ1n) is 7.28. The van der Waals surface area contributed by atoms with Gasteiger partial charge in [0.15, 0.2) is 0 Å². The second-order valence-corrected chi connectivity index (χ2v) is 6.66. The minimum Gasteiger partial charge on any atom is -0.550 e. The first-order chi connectivity index (χ1) is 10.7. The molecule has 1 unspecified atom stereocenters. The number of carbonyl (C=O) groups is 3. The summed E-state index contributed by atoms with van der Waals surface area (Å²) in [6.45, 7) is 3.29. The molecule has 1 N–H and O–H groups in total. The maximum Gasteiger partial charge on any atom is 1.00 e. The molecule has 0 bridgehead atoms. The van der Waals surface area contributed by atoms with E-state index in [1.165, 1.54) is 13.8 Å². The Balaban J connectivity index is 0.00000288. The molecule has 1 aromatic carbocycles. The quantitative estimate of drug-likeness (QED) is 0.600. The molecular weight excluding hydrogens is 343 g/mol. The number of aliphatic carboxylic acids is 1. The SMILES string of the molecule is CC(C)(CC(=O)NC1CCN(c2cccc(Cl)c2)C1=O)C(=O)[O-].[Na+]. The molecule has 8 heteroatoms. The van der Waals surface area contributed by atoms with E-state index in [0.29, 0.717) is 23.7 Å². The zero-order valence-corrected chi connectivity index (χ0v) is 16.7. The van der Waals surface area contributed by atoms with Crippen LogP contribution in [0.25, 0.3) is 0 Å². The molecule has 24 heavy (non-hydrogen) atoms. The second kappa shape index (κ2) is 8.34. The molecule has 124 valence electrons. The molecule has 1 saturated heterocycles. The molecule has 0 aliphatic carbocycles. The largest absolute Gasteiger partial charge is 1.00 e. The molecule has 0 radical (unpaired) electrons. The molecule has 1 heterocycles. The Labute approximate surface area is 167 Å². The average molecular weight is 361 g/mol. The molecule has 1 fully saturated rings. The van der Waals surface area contributed by atoms with Crippen molar-refractivity contribution in [2.45, 2.75) is 32.7 Å². The summed E-state index contributed by atoms with van der Waals surface area (Å²) in [5.41, 5.74) is -0.604. The predicted octanol–water partition coefficient (Wildman–Crippen LogP) is -2.27. The van der Waals surface area contributed by atoms with Crippen LogP contribution in [-0.4, -0.2) is 30.4 Å². The summed E-state index contributed by atoms with van der Waals surface area (Å²) >= 11 is 5.92. The Morgan fingerprint density at radius 2 is 2.08 bits per heavy atom. The Morgan fingerprint density at radius 1 is 1.42 bits per heavy atom. The maximum atomic E-state index is 12.4. The van der Waals surface area contributed by atoms with Crippen molar-refractivity contribution in [2.24, 2.45) is 5.41 Å². The number of nitrogens with zero attached hydrogens (tertiary/aromatic N) is 1. The molecule has 0 aromatic heterocycles. The van der Waals surface area contributed by atoms with Crippen LogP contribution < -0.4 is 44.9 Å². The molecule has 1 atom stereocenters. The number of carbonyl (C=O) groups excluding carboxylic acids is 3. The van der Waals surface area contributed by atoms with Crippen molar-refractivity contribution < 1.29 is 49.0 Å². The van der Waals surface area contributed by atoms with Crippen LogP contribution in [0.4, 0.5) is 5.69 Å². The molecular formula is C16H18ClN2NaO4. The van der Waals surface area contributed by atoms with E-state index >= 15 is 0 Å². The minimum absolute atomic E-state index is 0. The van der Waals surface area contributed by atoms with Crippen molar-refractivity contribution in [3.05, 3.63) is 29.3 Å². The van der Waals surface area contributed by atoms with Crippen molar-refractivity contribution in [2.75, 3.05) is 11.4 Å². The van der Waals surface area contributed by atoms with Gasteiger partial charge in [-0.05, 0) is 24.6 Å². The summed E-state index contributed by atoms with van der Waals surface area (Å²) in [7, 11) is 0. The Bertz CT molecular complexity index is 651. The number of hydrogen-bond donors (Lipinski definition) is 1. The molecule has 2 amide bonds. The fourth-order valence-corrected chi connectivity index (χ4v) is 2.62. The van der Waals surface area contributed by atoms with Crippen molar-refractivity contribution in [3.63, 3.8) is 0 Å². The number of nitrogens with one attached hydrogen (secondary N) is 1. The number of amides is 2. The predicted molar refractivity (Wildman–Crippen MR) is 83.8 cm³/mol. The normalized spacial score (nSPS) is 17.4. The van der Waals surface area contributed by atoms with Crippen molar-refractivity contribution >= 4 is 35.1 Å². The summed E-state index contributed by atoms with van der Waals surface area (Å²) in [6, 6.07) is 6.27. The first kappa shape index (κ1) is 21.0. The minimum atomic E-state index is -1.30. The average Bonchev–Trinajstić information content (AvgIpc) is 2.79. The van der Waals surface area contributed by atoms with E-state index in [2.05, 4.69) is 5.32 Å². The van der Waals surface area contributed by atoms with Gasteiger partial charge in [-0.3, -0.25) is 9.59 Å². The van der Waals surface area contributed by atoms with E-state index in [0.717, 1.165) is 0 Å². The number of carboxylic acids is 1. The molecule has 0 saturated carbocycles. The van der Waals surface area contributed by atoms with Gasteiger partial charge in [0.1, 0.15) is 6.04 Å². The summed E-state index contributed by atoms with van der Waals surface area (Å²) in [5, 5.41) is 14.1. The third-order valence-corrected chi connectivity index (χ3v) is 4.05. The summed E-state index contributed by atoms with van der Waals surface area (Å²) < 4.78 is 0. The van der Waals surface area contributed by atoms with Gasteiger partial charge in [-0.1, -0.05) is 31.5 Å². The van der Waals surface area contributed by atoms with E-state index in [1.54, 1.807) is 29.2 Å². The number of rotatable bonds is 5. The standard InChI is InChI=1S/C16H19ClN2O4.Na/c1-16(2,15(22)23)9-13(20)18-12-6-7-19(14(12)21)11-5-3-4-10(17)8-11;/h3-5,8,12H,6-7,9H2,1-2H3,(H,18,20)(H,22,23);/q;+1/p-1. The summed E-state index contributed by atoms with van der Waals surface area (Å²) in [5.74, 6) is -2.01. The molecule has 1 aliphatic rings. The third kappa shape index (κ3) is 4.96. The van der Waals surface area contributed by atoms with Crippen LogP contribution >= 0.6 is 11.6 Å². The van der Waals surface area contributed by atoms with Gasteiger partial charge in [-0.2, -0.15) is 0 Å². The fraction of sp³-hybridized carbons (Fsp3) is 0.438. The number of halogens is 1. The van der Waals surface area contributed by atoms with Crippen LogP contribution in [0.3, 0.4) is 0 Å². The van der Waals surface area contributed by atoms with Crippen molar-refractivity contribution in [3.8, 4) is 0 Å². The van der Waals surface area contributed by atoms with Gasteiger partial charge in [0.25, 0.3) is 0 Å². The van der Waals surface area contributed by atoms with Crippen LogP contribution in [0.15, 0.2) is 24.3 Å². The fourth-order valence-electron chi connectivity index (χ4n) is 2.43. The molecule has 6 nitrogen and oxygen atoms in total. The van der Waals surface area contributed by atoms with Gasteiger partial charge in [0.05, 0.1) is 0 Å². The number of carboxylic acid groups (broad SMARTS) is 1. The van der Waals surface area contributed by atoms with Gasteiger partial charge >= 0.3 is 29.6 Å². The molecule has 2 rings (SSSR count). The van der Waals surface area contributed by atoms with Crippen molar-refractivity contribution in [1.82, 2.24) is 5.32 Å². The molecule has 1 aromatic rings. The zero-order valence-electron chi connectivity index (χ0n) is 14.0. The van der Waals surface area contributed by atoms with E-state index in [9.17, 15) is 19.5 Å². The monoisotopic (exact) mass is 360 g/mol.